The largest absolute Gasteiger partial charge is 0.367 e. The van der Waals surface area contributed by atoms with E-state index >= 15 is 0 Å². The normalized spacial score (nSPS) is 20.0. The molecule has 1 aromatic carbocycles. The van der Waals surface area contributed by atoms with Crippen molar-refractivity contribution in [2.45, 2.75) is 36.6 Å². The van der Waals surface area contributed by atoms with Crippen LogP contribution in [0.2, 0.25) is 0 Å². The Morgan fingerprint density at radius 2 is 2.00 bits per heavy atom. The van der Waals surface area contributed by atoms with E-state index in [1.165, 1.54) is 10.7 Å². The van der Waals surface area contributed by atoms with Crippen LogP contribution in [0.15, 0.2) is 29.2 Å². The second-order valence-electron chi connectivity index (χ2n) is 5.68. The topological polar surface area (TPSA) is 66.6 Å². The van der Waals surface area contributed by atoms with E-state index in [2.05, 4.69) is 4.90 Å². The lowest BCUT2D eigenvalue weighted by Crippen LogP contribution is -2.41. The predicted octanol–water partition coefficient (Wildman–Crippen LogP) is 1.64. The maximum absolute atomic E-state index is 12.5. The van der Waals surface area contributed by atoms with E-state index in [9.17, 15) is 8.42 Å². The summed E-state index contributed by atoms with van der Waals surface area (Å²) in [6, 6.07) is 7.62. The summed E-state index contributed by atoms with van der Waals surface area (Å²) >= 11 is 0. The molecule has 0 aliphatic carbocycles. The van der Waals surface area contributed by atoms with Gasteiger partial charge in [-0.3, -0.25) is 0 Å². The Bertz CT molecular complexity index is 570. The molecule has 0 saturated carbocycles. The third-order valence-electron chi connectivity index (χ3n) is 4.06. The van der Waals surface area contributed by atoms with E-state index in [4.69, 9.17) is 5.73 Å². The van der Waals surface area contributed by atoms with Crippen LogP contribution in [0.3, 0.4) is 0 Å². The maximum Gasteiger partial charge on any atom is 0.244 e. The van der Waals surface area contributed by atoms with Crippen LogP contribution in [-0.2, 0) is 10.0 Å². The number of hydrogen-bond donors (Lipinski definition) is 1. The van der Waals surface area contributed by atoms with Crippen LogP contribution in [0.25, 0.3) is 0 Å². The Labute approximate surface area is 127 Å². The highest BCUT2D eigenvalue weighted by Gasteiger charge is 2.28. The van der Waals surface area contributed by atoms with Gasteiger partial charge in [0.25, 0.3) is 0 Å². The van der Waals surface area contributed by atoms with Gasteiger partial charge >= 0.3 is 0 Å². The van der Waals surface area contributed by atoms with Gasteiger partial charge in [0.05, 0.1) is 5.69 Å². The highest BCUT2D eigenvalue weighted by Crippen LogP contribution is 2.32. The van der Waals surface area contributed by atoms with Crippen molar-refractivity contribution in [1.29, 1.82) is 0 Å². The Kier molecular flexibility index (Phi) is 5.24. The second kappa shape index (κ2) is 6.77. The number of anilines is 1. The van der Waals surface area contributed by atoms with Crippen molar-refractivity contribution in [3.8, 4) is 0 Å². The SMILES string of the molecule is CN(C)S(=O)(=O)c1ccccc1N1CCCCC1CCN. The van der Waals surface area contributed by atoms with Crippen LogP contribution in [0, 0.1) is 0 Å². The smallest absolute Gasteiger partial charge is 0.244 e. The van der Waals surface area contributed by atoms with Gasteiger partial charge in [-0.2, -0.15) is 0 Å². The number of benzene rings is 1. The molecule has 1 aliphatic rings. The lowest BCUT2D eigenvalue weighted by molar-refractivity contribution is 0.439. The average Bonchev–Trinajstić information content (AvgIpc) is 2.48. The van der Waals surface area contributed by atoms with Crippen molar-refractivity contribution >= 4 is 15.7 Å². The molecule has 0 aromatic heterocycles. The number of hydrogen-bond acceptors (Lipinski definition) is 4. The molecule has 1 aliphatic heterocycles. The van der Waals surface area contributed by atoms with Gasteiger partial charge in [-0.05, 0) is 44.4 Å². The molecule has 0 bridgehead atoms. The first kappa shape index (κ1) is 16.3. The molecule has 1 fully saturated rings. The van der Waals surface area contributed by atoms with Crippen molar-refractivity contribution in [3.05, 3.63) is 24.3 Å². The molecule has 6 heteroatoms. The molecule has 2 rings (SSSR count). The van der Waals surface area contributed by atoms with Gasteiger partial charge in [0.15, 0.2) is 0 Å². The first-order valence-corrected chi connectivity index (χ1v) is 8.90. The number of sulfonamides is 1. The minimum Gasteiger partial charge on any atom is -0.367 e. The summed E-state index contributed by atoms with van der Waals surface area (Å²) in [5.41, 5.74) is 6.53. The molecule has 1 aromatic rings. The van der Waals surface area contributed by atoms with Crippen LogP contribution in [0.1, 0.15) is 25.7 Å². The zero-order chi connectivity index (χ0) is 15.5. The molecule has 0 radical (unpaired) electrons. The summed E-state index contributed by atoms with van der Waals surface area (Å²) in [5.74, 6) is 0. The molecule has 1 heterocycles. The Morgan fingerprint density at radius 1 is 1.29 bits per heavy atom. The molecule has 2 N–H and O–H groups in total. The van der Waals surface area contributed by atoms with Crippen LogP contribution < -0.4 is 10.6 Å². The van der Waals surface area contributed by atoms with Crippen molar-refractivity contribution < 1.29 is 8.42 Å². The fourth-order valence-corrected chi connectivity index (χ4v) is 4.01. The van der Waals surface area contributed by atoms with E-state index in [1.807, 2.05) is 12.1 Å². The molecule has 5 nitrogen and oxygen atoms in total. The molecule has 0 amide bonds. The van der Waals surface area contributed by atoms with Crippen LogP contribution >= 0.6 is 0 Å². The van der Waals surface area contributed by atoms with Crippen LogP contribution in [0.4, 0.5) is 5.69 Å². The third kappa shape index (κ3) is 3.39. The molecule has 118 valence electrons. The first-order chi connectivity index (χ1) is 9.98. The standard InChI is InChI=1S/C15H25N3O2S/c1-17(2)21(19,20)15-9-4-3-8-14(15)18-12-6-5-7-13(18)10-11-16/h3-4,8-9,13H,5-7,10-12,16H2,1-2H3. The molecule has 1 saturated heterocycles. The number of piperidine rings is 1. The van der Waals surface area contributed by atoms with Gasteiger partial charge in [-0.15, -0.1) is 0 Å². The fourth-order valence-electron chi connectivity index (χ4n) is 2.92. The Morgan fingerprint density at radius 3 is 2.67 bits per heavy atom. The predicted molar refractivity (Wildman–Crippen MR) is 86.0 cm³/mol. The van der Waals surface area contributed by atoms with Crippen LogP contribution in [0.5, 0.6) is 0 Å². The summed E-state index contributed by atoms with van der Waals surface area (Å²) in [4.78, 5) is 2.62. The number of nitrogens with two attached hydrogens (primary N) is 1. The summed E-state index contributed by atoms with van der Waals surface area (Å²) < 4.78 is 26.3. The Hall–Kier alpha value is -1.11. The second-order valence-corrected chi connectivity index (χ2v) is 7.80. The molecule has 1 atom stereocenters. The highest BCUT2D eigenvalue weighted by atomic mass is 32.2. The number of nitrogens with zero attached hydrogens (tertiary/aromatic N) is 2. The van der Waals surface area contributed by atoms with Gasteiger partial charge in [-0.25, -0.2) is 12.7 Å². The van der Waals surface area contributed by atoms with Crippen molar-refractivity contribution in [2.75, 3.05) is 32.1 Å². The summed E-state index contributed by atoms with van der Waals surface area (Å²) in [6.45, 7) is 1.52. The minimum atomic E-state index is -3.43. The molecule has 21 heavy (non-hydrogen) atoms. The van der Waals surface area contributed by atoms with Gasteiger partial charge in [0.1, 0.15) is 4.90 Å². The first-order valence-electron chi connectivity index (χ1n) is 7.46. The van der Waals surface area contributed by atoms with Crippen molar-refractivity contribution in [2.24, 2.45) is 5.73 Å². The molecule has 0 spiro atoms. The van der Waals surface area contributed by atoms with E-state index < -0.39 is 10.0 Å². The fraction of sp³-hybridized carbons (Fsp3) is 0.600. The lowest BCUT2D eigenvalue weighted by atomic mass is 9.98. The van der Waals surface area contributed by atoms with E-state index in [1.54, 1.807) is 26.2 Å². The van der Waals surface area contributed by atoms with Crippen molar-refractivity contribution in [1.82, 2.24) is 4.31 Å². The van der Waals surface area contributed by atoms with Gasteiger partial charge < -0.3 is 10.6 Å². The highest BCUT2D eigenvalue weighted by molar-refractivity contribution is 7.89. The Balaban J connectivity index is 2.44. The monoisotopic (exact) mass is 311 g/mol. The lowest BCUT2D eigenvalue weighted by Gasteiger charge is -2.38. The summed E-state index contributed by atoms with van der Waals surface area (Å²) in [5, 5.41) is 0. The average molecular weight is 311 g/mol. The summed E-state index contributed by atoms with van der Waals surface area (Å²) in [6.07, 6.45) is 4.26. The zero-order valence-corrected chi connectivity index (χ0v) is 13.6. The summed E-state index contributed by atoms with van der Waals surface area (Å²) in [7, 11) is -0.297. The van der Waals surface area contributed by atoms with Gasteiger partial charge in [0, 0.05) is 26.7 Å². The van der Waals surface area contributed by atoms with E-state index in [0.29, 0.717) is 17.5 Å². The number of rotatable bonds is 5. The zero-order valence-electron chi connectivity index (χ0n) is 12.8. The number of para-hydroxylation sites is 1. The van der Waals surface area contributed by atoms with Crippen molar-refractivity contribution in [3.63, 3.8) is 0 Å². The van der Waals surface area contributed by atoms with Gasteiger partial charge in [0.2, 0.25) is 10.0 Å². The third-order valence-corrected chi connectivity index (χ3v) is 5.92. The van der Waals surface area contributed by atoms with E-state index in [-0.39, 0.29) is 0 Å². The quantitative estimate of drug-likeness (QED) is 0.898. The van der Waals surface area contributed by atoms with Gasteiger partial charge in [-0.1, -0.05) is 12.1 Å². The van der Waals surface area contributed by atoms with Crippen LogP contribution in [-0.4, -0.2) is 45.9 Å². The molecular formula is C15H25N3O2S. The van der Waals surface area contributed by atoms with E-state index in [0.717, 1.165) is 31.5 Å². The molecular weight excluding hydrogens is 286 g/mol. The molecule has 1 unspecified atom stereocenters. The minimum absolute atomic E-state index is 0.335. The maximum atomic E-state index is 12.5.